The van der Waals surface area contributed by atoms with Crippen LogP contribution in [0.1, 0.15) is 17.2 Å². The molecule has 2 unspecified atom stereocenters. The van der Waals surface area contributed by atoms with Crippen LogP contribution in [0.25, 0.3) is 0 Å². The van der Waals surface area contributed by atoms with E-state index in [0.717, 1.165) is 0 Å². The van der Waals surface area contributed by atoms with Crippen molar-refractivity contribution in [3.63, 3.8) is 0 Å². The van der Waals surface area contributed by atoms with Crippen molar-refractivity contribution in [2.75, 3.05) is 0 Å². The van der Waals surface area contributed by atoms with Crippen LogP contribution in [-0.4, -0.2) is 21.4 Å². The summed E-state index contributed by atoms with van der Waals surface area (Å²) in [5.74, 6) is 0. The van der Waals surface area contributed by atoms with Gasteiger partial charge in [-0.2, -0.15) is 5.26 Å². The first-order valence-electron chi connectivity index (χ1n) is 4.25. The second-order valence-electron chi connectivity index (χ2n) is 3.03. The van der Waals surface area contributed by atoms with E-state index in [4.69, 9.17) is 15.5 Å². The van der Waals surface area contributed by atoms with E-state index in [9.17, 15) is 5.11 Å². The van der Waals surface area contributed by atoms with Gasteiger partial charge in [0.15, 0.2) is 6.10 Å². The molecule has 0 heterocycles. The van der Waals surface area contributed by atoms with Crippen LogP contribution in [0, 0.1) is 11.3 Å². The summed E-state index contributed by atoms with van der Waals surface area (Å²) >= 11 is 3.22. The van der Waals surface area contributed by atoms with Gasteiger partial charge in [0, 0.05) is 4.47 Å². The number of nitrogens with zero attached hydrogens (tertiary/aromatic N) is 1. The summed E-state index contributed by atoms with van der Waals surface area (Å²) in [5, 5.41) is 36.1. The average Bonchev–Trinajstić information content (AvgIpc) is 2.27. The fraction of sp³-hybridized carbons (Fsp3) is 0.300. The first-order chi connectivity index (χ1) is 7.10. The van der Waals surface area contributed by atoms with Gasteiger partial charge in [0.25, 0.3) is 0 Å². The number of hydrogen-bond acceptors (Lipinski definition) is 4. The van der Waals surface area contributed by atoms with Crippen LogP contribution in [0.3, 0.4) is 0 Å². The molecule has 0 aromatic heterocycles. The number of benzene rings is 1. The Hall–Kier alpha value is -0.930. The quantitative estimate of drug-likeness (QED) is 0.712. The van der Waals surface area contributed by atoms with Gasteiger partial charge in [0.2, 0.25) is 0 Å². The van der Waals surface area contributed by atoms with Gasteiger partial charge >= 0.3 is 0 Å². The number of hydrogen-bond donors (Lipinski definition) is 3. The maximum Gasteiger partial charge on any atom is 0.170 e. The fourth-order valence-corrected chi connectivity index (χ4v) is 1.52. The SMILES string of the molecule is N#CC(O)C(O)c1ccc(Br)c(CO)c1. The van der Waals surface area contributed by atoms with Crippen LogP contribution in [0.4, 0.5) is 0 Å². The summed E-state index contributed by atoms with van der Waals surface area (Å²) in [6.07, 6.45) is -2.72. The molecule has 0 amide bonds. The third-order valence-corrected chi connectivity index (χ3v) is 2.79. The van der Waals surface area contributed by atoms with Crippen molar-refractivity contribution >= 4 is 15.9 Å². The van der Waals surface area contributed by atoms with Gasteiger partial charge in [-0.15, -0.1) is 0 Å². The summed E-state index contributed by atoms with van der Waals surface area (Å²) in [5.41, 5.74) is 0.994. The van der Waals surface area contributed by atoms with Crippen LogP contribution in [0.15, 0.2) is 22.7 Å². The molecule has 0 aliphatic rings. The Morgan fingerprint density at radius 3 is 2.60 bits per heavy atom. The monoisotopic (exact) mass is 271 g/mol. The van der Waals surface area contributed by atoms with Crippen LogP contribution < -0.4 is 0 Å². The largest absolute Gasteiger partial charge is 0.392 e. The molecule has 3 N–H and O–H groups in total. The molecule has 0 aliphatic carbocycles. The van der Waals surface area contributed by atoms with Crippen molar-refractivity contribution in [1.29, 1.82) is 5.26 Å². The van der Waals surface area contributed by atoms with Crippen molar-refractivity contribution in [2.45, 2.75) is 18.8 Å². The molecule has 0 saturated carbocycles. The summed E-state index contributed by atoms with van der Waals surface area (Å²) in [6.45, 7) is -0.177. The van der Waals surface area contributed by atoms with Crippen molar-refractivity contribution in [1.82, 2.24) is 0 Å². The zero-order valence-corrected chi connectivity index (χ0v) is 9.35. The molecule has 1 aromatic rings. The number of rotatable bonds is 3. The highest BCUT2D eigenvalue weighted by Crippen LogP contribution is 2.23. The molecule has 0 spiro atoms. The molecular formula is C10H10BrNO3. The summed E-state index contributed by atoms with van der Waals surface area (Å²) in [7, 11) is 0. The standard InChI is InChI=1S/C10H10BrNO3/c11-8-2-1-6(3-7(8)5-13)10(15)9(14)4-12/h1-3,9-10,13-15H,5H2. The molecule has 2 atom stereocenters. The van der Waals surface area contributed by atoms with Crippen molar-refractivity contribution in [3.05, 3.63) is 33.8 Å². The average molecular weight is 272 g/mol. The van der Waals surface area contributed by atoms with E-state index in [1.54, 1.807) is 18.2 Å². The number of halogens is 1. The first-order valence-corrected chi connectivity index (χ1v) is 5.04. The van der Waals surface area contributed by atoms with Crippen molar-refractivity contribution in [3.8, 4) is 6.07 Å². The molecular weight excluding hydrogens is 262 g/mol. The predicted octanol–water partition coefficient (Wildman–Crippen LogP) is 0.859. The second-order valence-corrected chi connectivity index (χ2v) is 3.88. The lowest BCUT2D eigenvalue weighted by molar-refractivity contribution is 0.0527. The molecule has 15 heavy (non-hydrogen) atoms. The minimum Gasteiger partial charge on any atom is -0.392 e. The summed E-state index contributed by atoms with van der Waals surface area (Å²) in [6, 6.07) is 6.31. The van der Waals surface area contributed by atoms with E-state index in [1.165, 1.54) is 6.07 Å². The lowest BCUT2D eigenvalue weighted by atomic mass is 10.0. The van der Waals surface area contributed by atoms with Crippen LogP contribution in [-0.2, 0) is 6.61 Å². The van der Waals surface area contributed by atoms with E-state index in [-0.39, 0.29) is 6.61 Å². The van der Waals surface area contributed by atoms with Gasteiger partial charge < -0.3 is 15.3 Å². The molecule has 0 aliphatic heterocycles. The third-order valence-electron chi connectivity index (χ3n) is 2.01. The van der Waals surface area contributed by atoms with E-state index in [1.807, 2.05) is 0 Å². The third kappa shape index (κ3) is 2.76. The molecule has 4 nitrogen and oxygen atoms in total. The normalized spacial score (nSPS) is 14.3. The Kier molecular flexibility index (Phi) is 4.24. The molecule has 0 fully saturated rings. The molecule has 5 heteroatoms. The minimum atomic E-state index is -1.46. The van der Waals surface area contributed by atoms with Gasteiger partial charge in [0.1, 0.15) is 6.10 Å². The number of aliphatic hydroxyl groups excluding tert-OH is 3. The fourth-order valence-electron chi connectivity index (χ4n) is 1.15. The van der Waals surface area contributed by atoms with Crippen LogP contribution >= 0.6 is 15.9 Å². The molecule has 0 radical (unpaired) electrons. The van der Waals surface area contributed by atoms with Gasteiger partial charge in [-0.1, -0.05) is 22.0 Å². The molecule has 1 aromatic carbocycles. The van der Waals surface area contributed by atoms with Gasteiger partial charge in [0.05, 0.1) is 12.7 Å². The lowest BCUT2D eigenvalue weighted by Crippen LogP contribution is -2.15. The minimum absolute atomic E-state index is 0.177. The Morgan fingerprint density at radius 1 is 1.40 bits per heavy atom. The highest BCUT2D eigenvalue weighted by Gasteiger charge is 2.18. The maximum absolute atomic E-state index is 9.53. The lowest BCUT2D eigenvalue weighted by Gasteiger charge is -2.13. The topological polar surface area (TPSA) is 84.5 Å². The zero-order valence-electron chi connectivity index (χ0n) is 7.76. The first kappa shape index (κ1) is 12.1. The molecule has 1 rings (SSSR count). The Bertz CT molecular complexity index is 389. The van der Waals surface area contributed by atoms with E-state index < -0.39 is 12.2 Å². The Labute approximate surface area is 95.5 Å². The Balaban J connectivity index is 3.01. The van der Waals surface area contributed by atoms with E-state index in [0.29, 0.717) is 15.6 Å². The second kappa shape index (κ2) is 5.24. The smallest absolute Gasteiger partial charge is 0.170 e. The van der Waals surface area contributed by atoms with E-state index >= 15 is 0 Å². The van der Waals surface area contributed by atoms with Crippen molar-refractivity contribution in [2.24, 2.45) is 0 Å². The van der Waals surface area contributed by atoms with Crippen molar-refractivity contribution < 1.29 is 15.3 Å². The zero-order chi connectivity index (χ0) is 11.4. The van der Waals surface area contributed by atoms with E-state index in [2.05, 4.69) is 15.9 Å². The number of aliphatic hydroxyl groups is 3. The predicted molar refractivity (Wildman–Crippen MR) is 56.6 cm³/mol. The maximum atomic E-state index is 9.53. The highest BCUT2D eigenvalue weighted by atomic mass is 79.9. The molecule has 0 bridgehead atoms. The van der Waals surface area contributed by atoms with Crippen LogP contribution in [0.5, 0.6) is 0 Å². The van der Waals surface area contributed by atoms with Crippen LogP contribution in [0.2, 0.25) is 0 Å². The summed E-state index contributed by atoms with van der Waals surface area (Å²) in [4.78, 5) is 0. The Morgan fingerprint density at radius 2 is 2.07 bits per heavy atom. The van der Waals surface area contributed by atoms with Gasteiger partial charge in [-0.25, -0.2) is 0 Å². The number of nitriles is 1. The highest BCUT2D eigenvalue weighted by molar-refractivity contribution is 9.10. The summed E-state index contributed by atoms with van der Waals surface area (Å²) < 4.78 is 0.715. The van der Waals surface area contributed by atoms with Gasteiger partial charge in [-0.05, 0) is 23.3 Å². The molecule has 0 saturated heterocycles. The molecule has 80 valence electrons. The van der Waals surface area contributed by atoms with Gasteiger partial charge in [-0.3, -0.25) is 0 Å².